The molecule has 3 aromatic rings. The maximum absolute atomic E-state index is 12.6. The first-order valence-electron chi connectivity index (χ1n) is 11.2. The molecular formula is C27H29N3O4. The summed E-state index contributed by atoms with van der Waals surface area (Å²) in [5.41, 5.74) is 6.44. The SMILES string of the molecule is CC#C[C@@H]1[C@H](n2ccc(N)nc2=O)O[C@](C)(COCc2ccccc2)[C@H]1OCc1ccccc1. The van der Waals surface area contributed by atoms with Crippen molar-refractivity contribution in [3.63, 3.8) is 0 Å². The van der Waals surface area contributed by atoms with Gasteiger partial charge in [0.2, 0.25) is 0 Å². The largest absolute Gasteiger partial charge is 0.383 e. The highest BCUT2D eigenvalue weighted by Gasteiger charge is 2.54. The van der Waals surface area contributed by atoms with Crippen molar-refractivity contribution >= 4 is 5.82 Å². The summed E-state index contributed by atoms with van der Waals surface area (Å²) in [5.74, 6) is 5.93. The number of rotatable bonds is 8. The van der Waals surface area contributed by atoms with Crippen molar-refractivity contribution in [3.05, 3.63) is 94.5 Å². The van der Waals surface area contributed by atoms with Gasteiger partial charge in [-0.3, -0.25) is 4.57 Å². The molecule has 0 spiro atoms. The number of ether oxygens (including phenoxy) is 3. The Labute approximate surface area is 199 Å². The van der Waals surface area contributed by atoms with E-state index >= 15 is 0 Å². The predicted molar refractivity (Wildman–Crippen MR) is 129 cm³/mol. The standard InChI is InChI=1S/C27H29N3O4/c1-3-10-22-24(33-18-21-13-8-5-9-14-21)27(2,19-32-17-20-11-6-4-7-12-20)34-25(22)30-16-15-23(28)29-26(30)31/h4-9,11-16,22,24-25H,17-19H2,1-2H3,(H2,28,29,31)/t22-,24-,25+,27+/m0/s1. The van der Waals surface area contributed by atoms with Crippen molar-refractivity contribution < 1.29 is 14.2 Å². The van der Waals surface area contributed by atoms with E-state index in [0.717, 1.165) is 11.1 Å². The van der Waals surface area contributed by atoms with E-state index in [1.807, 2.05) is 67.6 Å². The van der Waals surface area contributed by atoms with Gasteiger partial charge in [-0.15, -0.1) is 5.92 Å². The normalized spacial score (nSPS) is 23.9. The van der Waals surface area contributed by atoms with Crippen LogP contribution in [0.15, 0.2) is 77.7 Å². The topological polar surface area (TPSA) is 88.6 Å². The number of hydrogen-bond acceptors (Lipinski definition) is 6. The molecule has 4 atom stereocenters. The number of nitrogen functional groups attached to an aromatic ring is 1. The van der Waals surface area contributed by atoms with E-state index in [-0.39, 0.29) is 12.4 Å². The molecule has 1 aliphatic heterocycles. The molecule has 1 aliphatic rings. The zero-order chi connectivity index (χ0) is 24.0. The van der Waals surface area contributed by atoms with Crippen LogP contribution in [0.25, 0.3) is 0 Å². The molecule has 0 amide bonds. The summed E-state index contributed by atoms with van der Waals surface area (Å²) in [7, 11) is 0. The van der Waals surface area contributed by atoms with Gasteiger partial charge in [-0.05, 0) is 31.0 Å². The second-order valence-corrected chi connectivity index (χ2v) is 8.48. The first-order chi connectivity index (χ1) is 16.5. The number of anilines is 1. The summed E-state index contributed by atoms with van der Waals surface area (Å²) < 4.78 is 20.4. The van der Waals surface area contributed by atoms with E-state index in [0.29, 0.717) is 13.2 Å². The van der Waals surface area contributed by atoms with Crippen LogP contribution in [0, 0.1) is 17.8 Å². The summed E-state index contributed by atoms with van der Waals surface area (Å²) in [6.45, 7) is 4.78. The molecule has 0 aliphatic carbocycles. The minimum Gasteiger partial charge on any atom is -0.383 e. The molecule has 1 fully saturated rings. The lowest BCUT2D eigenvalue weighted by molar-refractivity contribution is -0.146. The van der Waals surface area contributed by atoms with Crippen molar-refractivity contribution in [2.24, 2.45) is 5.92 Å². The maximum Gasteiger partial charge on any atom is 0.351 e. The van der Waals surface area contributed by atoms with E-state index in [1.54, 1.807) is 19.2 Å². The van der Waals surface area contributed by atoms with E-state index in [4.69, 9.17) is 19.9 Å². The molecule has 7 nitrogen and oxygen atoms in total. The summed E-state index contributed by atoms with van der Waals surface area (Å²) in [6, 6.07) is 21.4. The molecule has 0 bridgehead atoms. The van der Waals surface area contributed by atoms with Crippen LogP contribution in [0.5, 0.6) is 0 Å². The summed E-state index contributed by atoms with van der Waals surface area (Å²) in [5, 5.41) is 0. The van der Waals surface area contributed by atoms with Crippen molar-refractivity contribution in [3.8, 4) is 11.8 Å². The Morgan fingerprint density at radius 2 is 1.71 bits per heavy atom. The molecule has 34 heavy (non-hydrogen) atoms. The summed E-state index contributed by atoms with van der Waals surface area (Å²) >= 11 is 0. The second kappa shape index (κ2) is 10.7. The van der Waals surface area contributed by atoms with Gasteiger partial charge in [0.1, 0.15) is 17.5 Å². The Balaban J connectivity index is 1.62. The number of nitrogens with zero attached hydrogens (tertiary/aromatic N) is 2. The number of benzene rings is 2. The molecular weight excluding hydrogens is 430 g/mol. The maximum atomic E-state index is 12.6. The molecule has 2 heterocycles. The zero-order valence-electron chi connectivity index (χ0n) is 19.4. The highest BCUT2D eigenvalue weighted by Crippen LogP contribution is 2.43. The quantitative estimate of drug-likeness (QED) is 0.518. The number of hydrogen-bond donors (Lipinski definition) is 1. The van der Waals surface area contributed by atoms with Crippen LogP contribution in [-0.2, 0) is 27.4 Å². The lowest BCUT2D eigenvalue weighted by atomic mass is 9.91. The zero-order valence-corrected chi connectivity index (χ0v) is 19.4. The fraction of sp³-hybridized carbons (Fsp3) is 0.333. The third kappa shape index (κ3) is 5.37. The monoisotopic (exact) mass is 459 g/mol. The van der Waals surface area contributed by atoms with Crippen molar-refractivity contribution in [1.29, 1.82) is 0 Å². The smallest absolute Gasteiger partial charge is 0.351 e. The Hall–Kier alpha value is -3.44. The molecule has 1 aromatic heterocycles. The first kappa shape index (κ1) is 23.7. The van der Waals surface area contributed by atoms with Gasteiger partial charge in [0.25, 0.3) is 0 Å². The molecule has 2 aromatic carbocycles. The molecule has 4 rings (SSSR count). The highest BCUT2D eigenvalue weighted by molar-refractivity contribution is 5.24. The van der Waals surface area contributed by atoms with Crippen LogP contribution in [0.2, 0.25) is 0 Å². The average molecular weight is 460 g/mol. The van der Waals surface area contributed by atoms with Crippen LogP contribution in [-0.4, -0.2) is 27.9 Å². The van der Waals surface area contributed by atoms with Crippen LogP contribution in [0.1, 0.15) is 31.2 Å². The van der Waals surface area contributed by atoms with Gasteiger partial charge in [-0.2, -0.15) is 4.98 Å². The molecule has 1 saturated heterocycles. The average Bonchev–Trinajstić information content (AvgIpc) is 3.10. The first-order valence-corrected chi connectivity index (χ1v) is 11.2. The Morgan fingerprint density at radius 1 is 1.06 bits per heavy atom. The lowest BCUT2D eigenvalue weighted by Gasteiger charge is -2.31. The predicted octanol–water partition coefficient (Wildman–Crippen LogP) is 3.55. The van der Waals surface area contributed by atoms with Crippen LogP contribution in [0.4, 0.5) is 5.82 Å². The van der Waals surface area contributed by atoms with Gasteiger partial charge in [0.15, 0.2) is 6.23 Å². The van der Waals surface area contributed by atoms with Gasteiger partial charge < -0.3 is 19.9 Å². The van der Waals surface area contributed by atoms with Crippen LogP contribution >= 0.6 is 0 Å². The summed E-state index contributed by atoms with van der Waals surface area (Å²) in [6.07, 6.45) is 0.439. The van der Waals surface area contributed by atoms with Crippen LogP contribution < -0.4 is 11.4 Å². The summed E-state index contributed by atoms with van der Waals surface area (Å²) in [4.78, 5) is 16.5. The van der Waals surface area contributed by atoms with Crippen molar-refractivity contribution in [1.82, 2.24) is 9.55 Å². The third-order valence-electron chi connectivity index (χ3n) is 5.83. The number of aromatic nitrogens is 2. The fourth-order valence-electron chi connectivity index (χ4n) is 4.21. The van der Waals surface area contributed by atoms with E-state index in [2.05, 4.69) is 16.8 Å². The molecule has 176 valence electrons. The minimum absolute atomic E-state index is 0.156. The molecule has 0 radical (unpaired) electrons. The minimum atomic E-state index is -0.858. The Kier molecular flexibility index (Phi) is 7.43. The van der Waals surface area contributed by atoms with Crippen molar-refractivity contribution in [2.75, 3.05) is 12.3 Å². The third-order valence-corrected chi connectivity index (χ3v) is 5.83. The molecule has 0 unspecified atom stereocenters. The molecule has 0 saturated carbocycles. The van der Waals surface area contributed by atoms with E-state index in [9.17, 15) is 4.79 Å². The number of nitrogens with two attached hydrogens (primary N) is 1. The van der Waals surface area contributed by atoms with Gasteiger partial charge in [0, 0.05) is 6.20 Å². The van der Waals surface area contributed by atoms with Gasteiger partial charge in [-0.1, -0.05) is 66.6 Å². The fourth-order valence-corrected chi connectivity index (χ4v) is 4.21. The van der Waals surface area contributed by atoms with E-state index < -0.39 is 29.5 Å². The van der Waals surface area contributed by atoms with Gasteiger partial charge in [-0.25, -0.2) is 4.79 Å². The van der Waals surface area contributed by atoms with Crippen LogP contribution in [0.3, 0.4) is 0 Å². The van der Waals surface area contributed by atoms with Gasteiger partial charge >= 0.3 is 5.69 Å². The Morgan fingerprint density at radius 3 is 2.32 bits per heavy atom. The molecule has 2 N–H and O–H groups in total. The van der Waals surface area contributed by atoms with Gasteiger partial charge in [0.05, 0.1) is 25.7 Å². The Bertz CT molecular complexity index is 1200. The lowest BCUT2D eigenvalue weighted by Crippen LogP contribution is -2.44. The molecule has 7 heteroatoms. The van der Waals surface area contributed by atoms with Crippen molar-refractivity contribution in [2.45, 2.75) is 45.0 Å². The van der Waals surface area contributed by atoms with E-state index in [1.165, 1.54) is 4.57 Å². The highest BCUT2D eigenvalue weighted by atomic mass is 16.6. The second-order valence-electron chi connectivity index (χ2n) is 8.48.